The maximum absolute atomic E-state index is 5.44. The van der Waals surface area contributed by atoms with E-state index in [2.05, 4.69) is 31.4 Å². The average Bonchev–Trinajstić information content (AvgIpc) is 2.99. The summed E-state index contributed by atoms with van der Waals surface area (Å²) in [7, 11) is 0. The van der Waals surface area contributed by atoms with Crippen LogP contribution >= 0.6 is 24.8 Å². The van der Waals surface area contributed by atoms with Gasteiger partial charge in [0.2, 0.25) is 0 Å². The third-order valence-electron chi connectivity index (χ3n) is 9.33. The largest absolute Gasteiger partial charge is 0.358 e. The van der Waals surface area contributed by atoms with Crippen molar-refractivity contribution < 1.29 is 0 Å². The van der Waals surface area contributed by atoms with E-state index >= 15 is 0 Å². The second-order valence-electron chi connectivity index (χ2n) is 13.6. The highest BCUT2D eigenvalue weighted by Crippen LogP contribution is 2.16. The molecule has 0 heterocycles. The predicted molar refractivity (Wildman–Crippen MR) is 201 cm³/mol. The van der Waals surface area contributed by atoms with Crippen molar-refractivity contribution in [3.8, 4) is 0 Å². The summed E-state index contributed by atoms with van der Waals surface area (Å²) in [6.07, 6.45) is 48.6. The van der Waals surface area contributed by atoms with E-state index in [0.29, 0.717) is 0 Å². The molecule has 0 bridgehead atoms. The van der Waals surface area contributed by atoms with Gasteiger partial charge < -0.3 is 4.90 Å². The van der Waals surface area contributed by atoms with Gasteiger partial charge in [0.05, 0.1) is 0 Å². The number of rotatable bonds is 36. The predicted octanol–water partition coefficient (Wildman–Crippen LogP) is 14.8. The van der Waals surface area contributed by atoms with Gasteiger partial charge in [-0.3, -0.25) is 0 Å². The van der Waals surface area contributed by atoms with Crippen molar-refractivity contribution in [2.24, 2.45) is 0 Å². The van der Waals surface area contributed by atoms with Crippen molar-refractivity contribution in [1.29, 1.82) is 0 Å². The second-order valence-corrected chi connectivity index (χ2v) is 14.7. The van der Waals surface area contributed by atoms with E-state index in [-0.39, 0.29) is 0 Å². The van der Waals surface area contributed by atoms with Crippen LogP contribution in [0, 0.1) is 0 Å². The molecule has 0 spiro atoms. The number of thiocarbonyl (C=S) groups is 1. The van der Waals surface area contributed by atoms with Crippen molar-refractivity contribution in [3.05, 3.63) is 0 Å². The third kappa shape index (κ3) is 34.7. The lowest BCUT2D eigenvalue weighted by atomic mass is 10.0. The molecule has 0 atom stereocenters. The SMILES string of the molecule is CCCCCCCCCCCCCCCCCCCN(CCCCCCCCCCCCCCCCCCC)C(=S)S. The average molecular weight is 626 g/mol. The fourth-order valence-electron chi connectivity index (χ4n) is 6.36. The first-order chi connectivity index (χ1) is 20.7. The Hall–Kier alpha value is 0.240. The van der Waals surface area contributed by atoms with Crippen LogP contribution in [0.25, 0.3) is 0 Å². The molecule has 0 N–H and O–H groups in total. The zero-order valence-corrected chi connectivity index (χ0v) is 31.0. The molecule has 0 aliphatic rings. The highest BCUT2D eigenvalue weighted by atomic mass is 32.1. The lowest BCUT2D eigenvalue weighted by Crippen LogP contribution is -2.28. The van der Waals surface area contributed by atoms with Crippen molar-refractivity contribution in [1.82, 2.24) is 4.90 Å². The zero-order chi connectivity index (χ0) is 30.6. The smallest absolute Gasteiger partial charge is 0.133 e. The van der Waals surface area contributed by atoms with Crippen LogP contribution in [0.3, 0.4) is 0 Å². The molecule has 0 unspecified atom stereocenters. The molecule has 0 fully saturated rings. The van der Waals surface area contributed by atoms with Crippen molar-refractivity contribution in [3.63, 3.8) is 0 Å². The van der Waals surface area contributed by atoms with Crippen LogP contribution in [-0.2, 0) is 0 Å². The summed E-state index contributed by atoms with van der Waals surface area (Å²) in [5, 5.41) is 0. The summed E-state index contributed by atoms with van der Waals surface area (Å²) in [5.41, 5.74) is 0. The molecular formula is C39H79NS2. The van der Waals surface area contributed by atoms with Crippen LogP contribution in [-0.4, -0.2) is 22.3 Å². The fourth-order valence-corrected chi connectivity index (χ4v) is 6.74. The minimum absolute atomic E-state index is 0.808. The van der Waals surface area contributed by atoms with Gasteiger partial charge in [0.1, 0.15) is 4.32 Å². The Morgan fingerprint density at radius 2 is 0.500 bits per heavy atom. The van der Waals surface area contributed by atoms with Crippen molar-refractivity contribution in [2.45, 2.75) is 232 Å². The van der Waals surface area contributed by atoms with Gasteiger partial charge >= 0.3 is 0 Å². The molecule has 42 heavy (non-hydrogen) atoms. The first-order valence-corrected chi connectivity index (χ1v) is 20.6. The van der Waals surface area contributed by atoms with Crippen molar-refractivity contribution >= 4 is 29.2 Å². The quantitative estimate of drug-likeness (QED) is 0.0419. The van der Waals surface area contributed by atoms with Crippen LogP contribution in [0.1, 0.15) is 232 Å². The molecule has 1 nitrogen and oxygen atoms in total. The summed E-state index contributed by atoms with van der Waals surface area (Å²) < 4.78 is 0.808. The van der Waals surface area contributed by atoms with Gasteiger partial charge in [-0.2, -0.15) is 0 Å². The Morgan fingerprint density at radius 1 is 0.333 bits per heavy atom. The monoisotopic (exact) mass is 626 g/mol. The van der Waals surface area contributed by atoms with Gasteiger partial charge in [-0.15, -0.1) is 12.6 Å². The van der Waals surface area contributed by atoms with Gasteiger partial charge in [-0.1, -0.05) is 232 Å². The van der Waals surface area contributed by atoms with Gasteiger partial charge in [0.15, 0.2) is 0 Å². The Kier molecular flexibility index (Phi) is 37.6. The molecule has 0 aliphatic heterocycles. The molecule has 0 saturated heterocycles. The first-order valence-electron chi connectivity index (χ1n) is 19.7. The van der Waals surface area contributed by atoms with E-state index in [1.54, 1.807) is 0 Å². The van der Waals surface area contributed by atoms with E-state index in [9.17, 15) is 0 Å². The molecular weight excluding hydrogens is 547 g/mol. The Bertz CT molecular complexity index is 471. The molecule has 0 aromatic rings. The number of hydrogen-bond acceptors (Lipinski definition) is 1. The van der Waals surface area contributed by atoms with E-state index in [4.69, 9.17) is 12.2 Å². The molecule has 0 aromatic carbocycles. The highest BCUT2D eigenvalue weighted by Gasteiger charge is 2.06. The molecule has 0 amide bonds. The Balaban J connectivity index is 3.36. The normalized spacial score (nSPS) is 11.4. The molecule has 0 rings (SSSR count). The first kappa shape index (κ1) is 42.2. The summed E-state index contributed by atoms with van der Waals surface area (Å²) in [4.78, 5) is 2.36. The third-order valence-corrected chi connectivity index (χ3v) is 9.87. The molecule has 0 aromatic heterocycles. The van der Waals surface area contributed by atoms with Crippen LogP contribution in [0.2, 0.25) is 0 Å². The second kappa shape index (κ2) is 37.4. The number of unbranched alkanes of at least 4 members (excludes halogenated alkanes) is 32. The zero-order valence-electron chi connectivity index (χ0n) is 29.3. The molecule has 0 saturated carbocycles. The van der Waals surface area contributed by atoms with Crippen LogP contribution in [0.4, 0.5) is 0 Å². The number of thiol groups is 1. The summed E-state index contributed by atoms with van der Waals surface area (Å²) in [6.45, 7) is 6.83. The Labute approximate surface area is 278 Å². The van der Waals surface area contributed by atoms with Gasteiger partial charge in [-0.05, 0) is 12.8 Å². The number of nitrogens with zero attached hydrogens (tertiary/aromatic N) is 1. The maximum atomic E-state index is 5.44. The Morgan fingerprint density at radius 3 is 0.667 bits per heavy atom. The lowest BCUT2D eigenvalue weighted by Gasteiger charge is -2.22. The summed E-state index contributed by atoms with van der Waals surface area (Å²) >= 11 is 9.96. The standard InChI is InChI=1S/C39H79NS2/c1-3-5-7-9-11-13-15-17-19-21-23-25-27-29-31-33-35-37-40(39(41)42)38-36-34-32-30-28-26-24-22-20-18-16-14-12-10-8-6-4-2/h3-38H2,1-2H3,(H,41,42). The van der Waals surface area contributed by atoms with Crippen molar-refractivity contribution in [2.75, 3.05) is 13.1 Å². The van der Waals surface area contributed by atoms with Gasteiger partial charge in [-0.25, -0.2) is 0 Å². The van der Waals surface area contributed by atoms with Crippen LogP contribution in [0.15, 0.2) is 0 Å². The minimum Gasteiger partial charge on any atom is -0.358 e. The van der Waals surface area contributed by atoms with E-state index in [1.807, 2.05) is 0 Å². The topological polar surface area (TPSA) is 3.24 Å². The van der Waals surface area contributed by atoms with E-state index < -0.39 is 0 Å². The molecule has 3 heteroatoms. The van der Waals surface area contributed by atoms with E-state index in [0.717, 1.165) is 17.4 Å². The van der Waals surface area contributed by atoms with Gasteiger partial charge in [0.25, 0.3) is 0 Å². The lowest BCUT2D eigenvalue weighted by molar-refractivity contribution is 0.394. The molecule has 252 valence electrons. The van der Waals surface area contributed by atoms with Crippen LogP contribution < -0.4 is 0 Å². The number of hydrogen-bond donors (Lipinski definition) is 1. The molecule has 0 radical (unpaired) electrons. The summed E-state index contributed by atoms with van der Waals surface area (Å²) in [5.74, 6) is 0. The van der Waals surface area contributed by atoms with Gasteiger partial charge in [0, 0.05) is 13.1 Å². The highest BCUT2D eigenvalue weighted by molar-refractivity contribution is 8.10. The minimum atomic E-state index is 0.808. The fraction of sp³-hybridized carbons (Fsp3) is 0.974. The maximum Gasteiger partial charge on any atom is 0.133 e. The van der Waals surface area contributed by atoms with Crippen LogP contribution in [0.5, 0.6) is 0 Å². The molecule has 0 aliphatic carbocycles. The van der Waals surface area contributed by atoms with E-state index in [1.165, 1.54) is 218 Å². The summed E-state index contributed by atoms with van der Waals surface area (Å²) in [6, 6.07) is 0.